The number of sulfone groups is 1. The summed E-state index contributed by atoms with van der Waals surface area (Å²) in [6.45, 7) is 1.41. The summed E-state index contributed by atoms with van der Waals surface area (Å²) >= 11 is 0. The van der Waals surface area contributed by atoms with Gasteiger partial charge in [0, 0.05) is 30.5 Å². The third-order valence-electron chi connectivity index (χ3n) is 2.65. The number of rotatable bonds is 4. The first-order valence-electron chi connectivity index (χ1n) is 6.42. The highest BCUT2D eigenvalue weighted by Gasteiger charge is 2.11. The Bertz CT molecular complexity index is 819. The molecule has 0 saturated heterocycles. The average Bonchev–Trinajstić information content (AvgIpc) is 2.35. The van der Waals surface area contributed by atoms with Crippen LogP contribution in [0.4, 0.5) is 11.5 Å². The molecule has 0 bridgehead atoms. The van der Waals surface area contributed by atoms with Gasteiger partial charge in [0.2, 0.25) is 5.91 Å². The van der Waals surface area contributed by atoms with E-state index in [1.54, 1.807) is 24.3 Å². The van der Waals surface area contributed by atoms with Gasteiger partial charge in [0.05, 0.1) is 11.4 Å². The van der Waals surface area contributed by atoms with Gasteiger partial charge in [-0.25, -0.2) is 18.4 Å². The predicted octanol–water partition coefficient (Wildman–Crippen LogP) is 1.23. The van der Waals surface area contributed by atoms with Crippen molar-refractivity contribution in [3.05, 3.63) is 36.0 Å². The SMILES string of the molecule is CC(=O)Nc1cccc(-c2nc(N)cc(CS(C)(=O)=O)n2)c1. The number of anilines is 2. The molecule has 22 heavy (non-hydrogen) atoms. The van der Waals surface area contributed by atoms with E-state index < -0.39 is 9.84 Å². The summed E-state index contributed by atoms with van der Waals surface area (Å²) in [5.74, 6) is 0.0980. The molecule has 0 atom stereocenters. The number of carbonyl (C=O) groups is 1. The van der Waals surface area contributed by atoms with Gasteiger partial charge in [0.1, 0.15) is 5.82 Å². The maximum atomic E-state index is 11.4. The number of carbonyl (C=O) groups excluding carboxylic acids is 1. The van der Waals surface area contributed by atoms with Crippen LogP contribution in [0, 0.1) is 0 Å². The maximum Gasteiger partial charge on any atom is 0.221 e. The Kier molecular flexibility index (Phi) is 4.41. The molecule has 8 heteroatoms. The van der Waals surface area contributed by atoms with E-state index >= 15 is 0 Å². The third-order valence-corrected chi connectivity index (χ3v) is 3.47. The van der Waals surface area contributed by atoms with E-state index in [4.69, 9.17) is 5.73 Å². The molecule has 1 amide bonds. The molecule has 0 radical (unpaired) electrons. The summed E-state index contributed by atoms with van der Waals surface area (Å²) < 4.78 is 22.8. The molecule has 1 aromatic carbocycles. The number of benzene rings is 1. The molecule has 0 unspecified atom stereocenters. The van der Waals surface area contributed by atoms with Gasteiger partial charge >= 0.3 is 0 Å². The van der Waals surface area contributed by atoms with E-state index in [0.717, 1.165) is 6.26 Å². The van der Waals surface area contributed by atoms with Gasteiger partial charge in [-0.1, -0.05) is 12.1 Å². The summed E-state index contributed by atoms with van der Waals surface area (Å²) in [7, 11) is -3.22. The molecule has 116 valence electrons. The average molecular weight is 320 g/mol. The lowest BCUT2D eigenvalue weighted by Crippen LogP contribution is -2.07. The minimum atomic E-state index is -3.22. The summed E-state index contributed by atoms with van der Waals surface area (Å²) in [6, 6.07) is 8.35. The first-order valence-corrected chi connectivity index (χ1v) is 8.48. The number of aromatic nitrogens is 2. The summed E-state index contributed by atoms with van der Waals surface area (Å²) in [6.07, 6.45) is 1.13. The molecule has 7 nitrogen and oxygen atoms in total. The molecular formula is C14H16N4O3S. The van der Waals surface area contributed by atoms with Crippen molar-refractivity contribution in [2.24, 2.45) is 0 Å². The molecule has 1 heterocycles. The highest BCUT2D eigenvalue weighted by molar-refractivity contribution is 7.89. The second-order valence-corrected chi connectivity index (χ2v) is 7.08. The number of nitrogens with one attached hydrogen (secondary N) is 1. The fourth-order valence-corrected chi connectivity index (χ4v) is 2.61. The molecule has 0 aliphatic heterocycles. The summed E-state index contributed by atoms with van der Waals surface area (Å²) in [5.41, 5.74) is 7.28. The van der Waals surface area contributed by atoms with Crippen LogP contribution in [-0.4, -0.2) is 30.5 Å². The van der Waals surface area contributed by atoms with Crippen LogP contribution in [0.5, 0.6) is 0 Å². The quantitative estimate of drug-likeness (QED) is 0.875. The van der Waals surface area contributed by atoms with E-state index in [-0.39, 0.29) is 17.5 Å². The lowest BCUT2D eigenvalue weighted by atomic mass is 10.2. The lowest BCUT2D eigenvalue weighted by molar-refractivity contribution is -0.114. The van der Waals surface area contributed by atoms with E-state index in [1.807, 2.05) is 0 Å². The Morgan fingerprint density at radius 3 is 2.64 bits per heavy atom. The zero-order chi connectivity index (χ0) is 16.3. The molecule has 0 saturated carbocycles. The Hall–Kier alpha value is -2.48. The molecule has 0 aliphatic rings. The van der Waals surface area contributed by atoms with Crippen molar-refractivity contribution in [2.75, 3.05) is 17.3 Å². The molecule has 0 aliphatic carbocycles. The van der Waals surface area contributed by atoms with Crippen LogP contribution in [0.25, 0.3) is 11.4 Å². The zero-order valence-electron chi connectivity index (χ0n) is 12.2. The van der Waals surface area contributed by atoms with E-state index in [1.165, 1.54) is 13.0 Å². The van der Waals surface area contributed by atoms with Crippen molar-refractivity contribution in [2.45, 2.75) is 12.7 Å². The first kappa shape index (κ1) is 15.9. The Labute approximate surface area is 128 Å². The van der Waals surface area contributed by atoms with Gasteiger partial charge in [-0.2, -0.15) is 0 Å². The molecule has 2 rings (SSSR count). The second-order valence-electron chi connectivity index (χ2n) is 4.94. The van der Waals surface area contributed by atoms with Gasteiger partial charge in [-0.05, 0) is 12.1 Å². The normalized spacial score (nSPS) is 11.2. The fraction of sp³-hybridized carbons (Fsp3) is 0.214. The third kappa shape index (κ3) is 4.52. The van der Waals surface area contributed by atoms with Crippen LogP contribution in [0.2, 0.25) is 0 Å². The maximum absolute atomic E-state index is 11.4. The highest BCUT2D eigenvalue weighted by atomic mass is 32.2. The molecule has 2 aromatic rings. The van der Waals surface area contributed by atoms with Crippen LogP contribution >= 0.6 is 0 Å². The van der Waals surface area contributed by atoms with Gasteiger partial charge in [-0.15, -0.1) is 0 Å². The van der Waals surface area contributed by atoms with Crippen molar-refractivity contribution in [3.63, 3.8) is 0 Å². The Morgan fingerprint density at radius 2 is 2.00 bits per heavy atom. The van der Waals surface area contributed by atoms with Crippen LogP contribution in [0.1, 0.15) is 12.6 Å². The van der Waals surface area contributed by atoms with Crippen LogP contribution in [-0.2, 0) is 20.4 Å². The monoisotopic (exact) mass is 320 g/mol. The number of amides is 1. The zero-order valence-corrected chi connectivity index (χ0v) is 13.0. The number of hydrogen-bond donors (Lipinski definition) is 2. The molecule has 0 fully saturated rings. The minimum absolute atomic E-state index is 0.189. The van der Waals surface area contributed by atoms with Gasteiger partial charge in [0.25, 0.3) is 0 Å². The number of nitrogens with zero attached hydrogens (tertiary/aromatic N) is 2. The Morgan fingerprint density at radius 1 is 1.27 bits per heavy atom. The highest BCUT2D eigenvalue weighted by Crippen LogP contribution is 2.21. The predicted molar refractivity (Wildman–Crippen MR) is 84.7 cm³/mol. The summed E-state index contributed by atoms with van der Waals surface area (Å²) in [4.78, 5) is 19.4. The molecule has 1 aromatic heterocycles. The fourth-order valence-electron chi connectivity index (χ4n) is 1.93. The number of hydrogen-bond acceptors (Lipinski definition) is 6. The molecular weight excluding hydrogens is 304 g/mol. The molecule has 3 N–H and O–H groups in total. The van der Waals surface area contributed by atoms with E-state index in [2.05, 4.69) is 15.3 Å². The van der Waals surface area contributed by atoms with E-state index in [9.17, 15) is 13.2 Å². The Balaban J connectivity index is 2.42. The minimum Gasteiger partial charge on any atom is -0.384 e. The van der Waals surface area contributed by atoms with Crippen LogP contribution in [0.15, 0.2) is 30.3 Å². The largest absolute Gasteiger partial charge is 0.384 e. The van der Waals surface area contributed by atoms with Gasteiger partial charge < -0.3 is 11.1 Å². The van der Waals surface area contributed by atoms with Crippen LogP contribution < -0.4 is 11.1 Å². The summed E-state index contributed by atoms with van der Waals surface area (Å²) in [5, 5.41) is 2.66. The lowest BCUT2D eigenvalue weighted by Gasteiger charge is -2.07. The standard InChI is InChI=1S/C14H16N4O3S/c1-9(19)16-11-5-3-4-10(6-11)14-17-12(7-13(15)18-14)8-22(2,20)21/h3-7H,8H2,1-2H3,(H,16,19)(H2,15,17,18). The smallest absolute Gasteiger partial charge is 0.221 e. The number of nitrogen functional groups attached to an aromatic ring is 1. The van der Waals surface area contributed by atoms with E-state index in [0.29, 0.717) is 22.8 Å². The van der Waals surface area contributed by atoms with Crippen molar-refractivity contribution in [1.29, 1.82) is 0 Å². The van der Waals surface area contributed by atoms with Crippen molar-refractivity contribution in [3.8, 4) is 11.4 Å². The first-order chi connectivity index (χ1) is 10.2. The topological polar surface area (TPSA) is 115 Å². The van der Waals surface area contributed by atoms with Crippen molar-refractivity contribution >= 4 is 27.2 Å². The van der Waals surface area contributed by atoms with Crippen molar-refractivity contribution < 1.29 is 13.2 Å². The van der Waals surface area contributed by atoms with Crippen LogP contribution in [0.3, 0.4) is 0 Å². The second kappa shape index (κ2) is 6.10. The number of nitrogens with two attached hydrogens (primary N) is 1. The van der Waals surface area contributed by atoms with Crippen molar-refractivity contribution in [1.82, 2.24) is 9.97 Å². The molecule has 0 spiro atoms. The van der Waals surface area contributed by atoms with Gasteiger partial charge in [0.15, 0.2) is 15.7 Å². The van der Waals surface area contributed by atoms with Gasteiger partial charge in [-0.3, -0.25) is 4.79 Å².